The lowest BCUT2D eigenvalue weighted by Gasteiger charge is -2.33. The minimum atomic E-state index is 0. The van der Waals surface area contributed by atoms with E-state index in [1.807, 2.05) is 0 Å². The van der Waals surface area contributed by atoms with Gasteiger partial charge in [0.05, 0.1) is 13.1 Å². The van der Waals surface area contributed by atoms with Gasteiger partial charge < -0.3 is 10.6 Å². The van der Waals surface area contributed by atoms with Crippen molar-refractivity contribution in [3.63, 3.8) is 0 Å². The van der Waals surface area contributed by atoms with Gasteiger partial charge in [-0.15, -0.1) is 30.4 Å². The Hall–Kier alpha value is -1.26. The van der Waals surface area contributed by atoms with Crippen LogP contribution in [0.2, 0.25) is 0 Å². The summed E-state index contributed by atoms with van der Waals surface area (Å²) < 4.78 is 0. The highest BCUT2D eigenvalue weighted by atomic mass is 127. The molecule has 0 bridgehead atoms. The number of hydrogen-bond donors (Lipinski definition) is 2. The van der Waals surface area contributed by atoms with Gasteiger partial charge in [0, 0.05) is 25.7 Å². The molecular formula is C18H27IN4. The van der Waals surface area contributed by atoms with Gasteiger partial charge in [-0.2, -0.15) is 0 Å². The van der Waals surface area contributed by atoms with E-state index in [9.17, 15) is 0 Å². The topological polar surface area (TPSA) is 39.7 Å². The largest absolute Gasteiger partial charge is 0.357 e. The maximum atomic E-state index is 5.29. The molecule has 2 N–H and O–H groups in total. The Labute approximate surface area is 157 Å². The van der Waals surface area contributed by atoms with Gasteiger partial charge in [0.25, 0.3) is 0 Å². The molecule has 23 heavy (non-hydrogen) atoms. The summed E-state index contributed by atoms with van der Waals surface area (Å²) >= 11 is 0. The molecule has 0 aliphatic carbocycles. The van der Waals surface area contributed by atoms with E-state index in [0.717, 1.165) is 38.6 Å². The summed E-state index contributed by atoms with van der Waals surface area (Å²) in [7, 11) is 0. The van der Waals surface area contributed by atoms with Crippen molar-refractivity contribution in [3.8, 4) is 12.3 Å². The molecule has 0 saturated carbocycles. The Bertz CT molecular complexity index is 550. The van der Waals surface area contributed by atoms with E-state index in [2.05, 4.69) is 64.6 Å². The fraction of sp³-hybridized carbons (Fsp3) is 0.500. The molecule has 1 aromatic carbocycles. The molecule has 0 spiro atoms. The fourth-order valence-electron chi connectivity index (χ4n) is 2.71. The third-order valence-corrected chi connectivity index (χ3v) is 4.00. The van der Waals surface area contributed by atoms with E-state index in [4.69, 9.17) is 6.42 Å². The standard InChI is InChI=1S/C18H26N4.HI/c1-4-11-20-18(19-5-2)21-13-15(3)22-12-10-16-8-6-7-9-17(16)14-22;/h1,6-9,15H,5,10-14H2,2-3H3,(H2,19,20,21);1H. The van der Waals surface area contributed by atoms with E-state index in [0.29, 0.717) is 12.6 Å². The smallest absolute Gasteiger partial charge is 0.192 e. The number of nitrogens with one attached hydrogen (secondary N) is 2. The van der Waals surface area contributed by atoms with Crippen molar-refractivity contribution in [2.45, 2.75) is 32.9 Å². The molecule has 2 rings (SSSR count). The van der Waals surface area contributed by atoms with Gasteiger partial charge in [-0.05, 0) is 31.4 Å². The zero-order valence-corrected chi connectivity index (χ0v) is 16.3. The van der Waals surface area contributed by atoms with Gasteiger partial charge in [-0.3, -0.25) is 9.89 Å². The van der Waals surface area contributed by atoms with Crippen molar-refractivity contribution >= 4 is 29.9 Å². The van der Waals surface area contributed by atoms with E-state index in [1.54, 1.807) is 0 Å². The Balaban J connectivity index is 0.00000264. The van der Waals surface area contributed by atoms with Crippen LogP contribution in [-0.4, -0.2) is 43.1 Å². The molecule has 126 valence electrons. The summed E-state index contributed by atoms with van der Waals surface area (Å²) in [6, 6.07) is 9.13. The lowest BCUT2D eigenvalue weighted by molar-refractivity contribution is 0.195. The number of fused-ring (bicyclic) bond motifs is 1. The van der Waals surface area contributed by atoms with Crippen LogP contribution in [0.25, 0.3) is 0 Å². The van der Waals surface area contributed by atoms with Crippen LogP contribution in [-0.2, 0) is 13.0 Å². The highest BCUT2D eigenvalue weighted by Crippen LogP contribution is 2.20. The lowest BCUT2D eigenvalue weighted by atomic mass is 9.99. The molecule has 1 aliphatic heterocycles. The monoisotopic (exact) mass is 426 g/mol. The molecule has 0 saturated heterocycles. The first-order chi connectivity index (χ1) is 10.7. The lowest BCUT2D eigenvalue weighted by Crippen LogP contribution is -2.41. The van der Waals surface area contributed by atoms with Crippen LogP contribution in [0.1, 0.15) is 25.0 Å². The zero-order valence-electron chi connectivity index (χ0n) is 14.0. The van der Waals surface area contributed by atoms with Crippen molar-refractivity contribution < 1.29 is 0 Å². The quantitative estimate of drug-likeness (QED) is 0.329. The van der Waals surface area contributed by atoms with Crippen molar-refractivity contribution in [3.05, 3.63) is 35.4 Å². The number of nitrogens with zero attached hydrogens (tertiary/aromatic N) is 2. The number of rotatable bonds is 5. The van der Waals surface area contributed by atoms with Crippen LogP contribution in [0.15, 0.2) is 29.3 Å². The van der Waals surface area contributed by atoms with Gasteiger partial charge >= 0.3 is 0 Å². The first-order valence-corrected chi connectivity index (χ1v) is 8.01. The first kappa shape index (κ1) is 19.8. The predicted octanol–water partition coefficient (Wildman–Crippen LogP) is 2.24. The number of guanidine groups is 1. The van der Waals surface area contributed by atoms with Crippen LogP contribution in [0, 0.1) is 12.3 Å². The van der Waals surface area contributed by atoms with Crippen LogP contribution < -0.4 is 10.6 Å². The van der Waals surface area contributed by atoms with Crippen LogP contribution >= 0.6 is 24.0 Å². The van der Waals surface area contributed by atoms with Crippen molar-refractivity contribution in [1.29, 1.82) is 0 Å². The first-order valence-electron chi connectivity index (χ1n) is 8.01. The second kappa shape index (κ2) is 10.5. The Morgan fingerprint density at radius 2 is 2.09 bits per heavy atom. The third-order valence-electron chi connectivity index (χ3n) is 4.00. The Morgan fingerprint density at radius 3 is 2.78 bits per heavy atom. The molecular weight excluding hydrogens is 399 g/mol. The van der Waals surface area contributed by atoms with Crippen molar-refractivity contribution in [2.24, 2.45) is 4.99 Å². The maximum absolute atomic E-state index is 5.29. The van der Waals surface area contributed by atoms with E-state index < -0.39 is 0 Å². The molecule has 5 heteroatoms. The molecule has 0 radical (unpaired) electrons. The molecule has 1 unspecified atom stereocenters. The number of terminal acetylenes is 1. The minimum Gasteiger partial charge on any atom is -0.357 e. The fourth-order valence-corrected chi connectivity index (χ4v) is 2.71. The molecule has 0 fully saturated rings. The highest BCUT2D eigenvalue weighted by molar-refractivity contribution is 14.0. The van der Waals surface area contributed by atoms with Crippen molar-refractivity contribution in [2.75, 3.05) is 26.2 Å². The second-order valence-corrected chi connectivity index (χ2v) is 5.62. The second-order valence-electron chi connectivity index (χ2n) is 5.62. The minimum absolute atomic E-state index is 0. The normalized spacial score (nSPS) is 15.8. The molecule has 0 aromatic heterocycles. The maximum Gasteiger partial charge on any atom is 0.192 e. The summed E-state index contributed by atoms with van der Waals surface area (Å²) in [4.78, 5) is 7.14. The number of halogens is 1. The van der Waals surface area contributed by atoms with Crippen molar-refractivity contribution in [1.82, 2.24) is 15.5 Å². The van der Waals surface area contributed by atoms with Gasteiger partial charge in [0.2, 0.25) is 0 Å². The van der Waals surface area contributed by atoms with E-state index >= 15 is 0 Å². The van der Waals surface area contributed by atoms with E-state index in [1.165, 1.54) is 11.1 Å². The van der Waals surface area contributed by atoms with Crippen LogP contribution in [0.3, 0.4) is 0 Å². The van der Waals surface area contributed by atoms with Crippen LogP contribution in [0.4, 0.5) is 0 Å². The number of benzene rings is 1. The average molecular weight is 426 g/mol. The average Bonchev–Trinajstić information content (AvgIpc) is 2.56. The summed E-state index contributed by atoms with van der Waals surface area (Å²) in [6.45, 7) is 8.50. The molecule has 4 nitrogen and oxygen atoms in total. The van der Waals surface area contributed by atoms with E-state index in [-0.39, 0.29) is 24.0 Å². The van der Waals surface area contributed by atoms with Gasteiger partial charge in [0.1, 0.15) is 0 Å². The SMILES string of the molecule is C#CCNC(=NCC(C)N1CCc2ccccc2C1)NCC.I. The van der Waals surface area contributed by atoms with Gasteiger partial charge in [0.15, 0.2) is 5.96 Å². The third kappa shape index (κ3) is 6.04. The van der Waals surface area contributed by atoms with Gasteiger partial charge in [-0.25, -0.2) is 0 Å². The Kier molecular flexibility index (Phi) is 9.03. The molecule has 0 amide bonds. The summed E-state index contributed by atoms with van der Waals surface area (Å²) in [5, 5.41) is 6.34. The zero-order chi connectivity index (χ0) is 15.8. The van der Waals surface area contributed by atoms with Crippen LogP contribution in [0.5, 0.6) is 0 Å². The molecule has 1 aromatic rings. The summed E-state index contributed by atoms with van der Waals surface area (Å²) in [6.07, 6.45) is 6.41. The summed E-state index contributed by atoms with van der Waals surface area (Å²) in [5.41, 5.74) is 2.93. The molecule has 1 aliphatic rings. The predicted molar refractivity (Wildman–Crippen MR) is 108 cm³/mol. The Morgan fingerprint density at radius 1 is 1.35 bits per heavy atom. The summed E-state index contributed by atoms with van der Waals surface area (Å²) in [5.74, 6) is 3.37. The van der Waals surface area contributed by atoms with Gasteiger partial charge in [-0.1, -0.05) is 30.2 Å². The number of aliphatic imine (C=N–C) groups is 1. The molecule has 1 atom stereocenters. The highest BCUT2D eigenvalue weighted by Gasteiger charge is 2.20. The molecule has 1 heterocycles. The number of hydrogen-bond acceptors (Lipinski definition) is 2.